The highest BCUT2D eigenvalue weighted by atomic mass is 15.0. The summed E-state index contributed by atoms with van der Waals surface area (Å²) >= 11 is 0. The van der Waals surface area contributed by atoms with Crippen molar-refractivity contribution < 1.29 is 0 Å². The topological polar surface area (TPSA) is 59.4 Å². The van der Waals surface area contributed by atoms with Gasteiger partial charge in [0.15, 0.2) is 5.82 Å². The van der Waals surface area contributed by atoms with Crippen LogP contribution in [0.2, 0.25) is 0 Å². The number of fused-ring (bicyclic) bond motifs is 6. The van der Waals surface area contributed by atoms with Gasteiger partial charge in [-0.3, -0.25) is 0 Å². The Morgan fingerprint density at radius 2 is 0.817 bits per heavy atom. The summed E-state index contributed by atoms with van der Waals surface area (Å²) < 4.78 is 4.58. The number of hydrogen-bond acceptors (Lipinski definition) is 3. The van der Waals surface area contributed by atoms with Crippen LogP contribution >= 0.6 is 0 Å². The molecule has 0 bridgehead atoms. The lowest BCUT2D eigenvalue weighted by Gasteiger charge is -2.19. The van der Waals surface area contributed by atoms with Crippen molar-refractivity contribution in [3.05, 3.63) is 178 Å². The molecule has 0 aliphatic heterocycles. The van der Waals surface area contributed by atoms with Crippen LogP contribution in [0.15, 0.2) is 127 Å². The first kappa shape index (κ1) is 37.0. The molecule has 0 N–H and O–H groups in total. The SMILES string of the molecule is Cc1cc(C)c(-c2ccc3c4ccccc4n(-c4cc(-c5nc(C)cc(C)n5)cc(-n5c6ccccc6c6ccc(-c7c(C)cc(C)cc7C)cc65)c4C#N)c3c2)c(C)c1. The van der Waals surface area contributed by atoms with Crippen molar-refractivity contribution in [1.82, 2.24) is 19.1 Å². The normalized spacial score (nSPS) is 11.7. The summed E-state index contributed by atoms with van der Waals surface area (Å²) in [6.07, 6.45) is 0. The maximum absolute atomic E-state index is 11.6. The van der Waals surface area contributed by atoms with Gasteiger partial charge >= 0.3 is 0 Å². The molecule has 0 spiro atoms. The van der Waals surface area contributed by atoms with E-state index in [0.29, 0.717) is 11.4 Å². The highest BCUT2D eigenvalue weighted by molar-refractivity contribution is 6.12. The Hall–Kier alpha value is -7.29. The zero-order valence-electron chi connectivity index (χ0n) is 35.4. The first-order chi connectivity index (χ1) is 29.0. The Morgan fingerprint density at radius 1 is 0.417 bits per heavy atom. The molecule has 0 saturated heterocycles. The van der Waals surface area contributed by atoms with E-state index in [9.17, 15) is 5.26 Å². The number of nitriles is 1. The van der Waals surface area contributed by atoms with E-state index in [1.165, 1.54) is 44.5 Å². The third-order valence-electron chi connectivity index (χ3n) is 12.2. The first-order valence-electron chi connectivity index (χ1n) is 20.6. The molecule has 3 aromatic heterocycles. The van der Waals surface area contributed by atoms with E-state index < -0.39 is 0 Å². The van der Waals surface area contributed by atoms with Crippen molar-refractivity contribution in [2.45, 2.75) is 55.4 Å². The summed E-state index contributed by atoms with van der Waals surface area (Å²) in [4.78, 5) is 10.0. The lowest BCUT2D eigenvalue weighted by atomic mass is 9.93. The van der Waals surface area contributed by atoms with Crippen LogP contribution in [0, 0.1) is 66.7 Å². The molecule has 0 fully saturated rings. The molecule has 5 heteroatoms. The molecule has 5 nitrogen and oxygen atoms in total. The summed E-state index contributed by atoms with van der Waals surface area (Å²) in [7, 11) is 0. The maximum Gasteiger partial charge on any atom is 0.159 e. The van der Waals surface area contributed by atoms with Crippen LogP contribution in [-0.4, -0.2) is 19.1 Å². The van der Waals surface area contributed by atoms with E-state index in [2.05, 4.69) is 178 Å². The van der Waals surface area contributed by atoms with Crippen LogP contribution in [-0.2, 0) is 0 Å². The molecule has 0 aliphatic rings. The summed E-state index contributed by atoms with van der Waals surface area (Å²) in [5.41, 5.74) is 21.1. The van der Waals surface area contributed by atoms with Gasteiger partial charge < -0.3 is 9.13 Å². The fourth-order valence-electron chi connectivity index (χ4n) is 10.1. The average molecular weight is 776 g/mol. The average Bonchev–Trinajstić information content (AvgIpc) is 3.71. The molecule has 3 heterocycles. The molecule has 0 unspecified atom stereocenters. The summed E-state index contributed by atoms with van der Waals surface area (Å²) in [6, 6.07) is 48.7. The number of para-hydroxylation sites is 2. The molecule has 0 atom stereocenters. The fraction of sp³-hybridized carbons (Fsp3) is 0.145. The Balaban J connectivity index is 1.35. The quantitative estimate of drug-likeness (QED) is 0.175. The van der Waals surface area contributed by atoms with Gasteiger partial charge in [-0.1, -0.05) is 96.1 Å². The van der Waals surface area contributed by atoms with Crippen molar-refractivity contribution in [2.24, 2.45) is 0 Å². The van der Waals surface area contributed by atoms with Gasteiger partial charge in [-0.2, -0.15) is 5.26 Å². The summed E-state index contributed by atoms with van der Waals surface area (Å²) in [6.45, 7) is 17.1. The van der Waals surface area contributed by atoms with E-state index in [1.807, 2.05) is 19.9 Å². The largest absolute Gasteiger partial charge is 0.308 e. The second kappa shape index (κ2) is 13.9. The van der Waals surface area contributed by atoms with Crippen molar-refractivity contribution >= 4 is 43.6 Å². The van der Waals surface area contributed by atoms with Crippen LogP contribution < -0.4 is 0 Å². The Morgan fingerprint density at radius 3 is 1.23 bits per heavy atom. The number of aryl methyl sites for hydroxylation is 8. The Bertz CT molecular complexity index is 3220. The van der Waals surface area contributed by atoms with Gasteiger partial charge in [0.2, 0.25) is 0 Å². The molecule has 0 amide bonds. The molecule has 0 saturated carbocycles. The minimum absolute atomic E-state index is 0.564. The smallest absolute Gasteiger partial charge is 0.159 e. The predicted molar refractivity (Wildman–Crippen MR) is 250 cm³/mol. The molecule has 10 aromatic rings. The molecule has 60 heavy (non-hydrogen) atoms. The van der Waals surface area contributed by atoms with Crippen molar-refractivity contribution in [1.29, 1.82) is 5.26 Å². The van der Waals surface area contributed by atoms with Crippen LogP contribution in [0.25, 0.3) is 88.6 Å². The van der Waals surface area contributed by atoms with Crippen molar-refractivity contribution in [3.63, 3.8) is 0 Å². The number of benzene rings is 7. The molecule has 7 aromatic carbocycles. The predicted octanol–water partition coefficient (Wildman–Crippen LogP) is 14.0. The Kier molecular flexibility index (Phi) is 8.59. The molecular weight excluding hydrogens is 731 g/mol. The Labute approximate surface area is 350 Å². The van der Waals surface area contributed by atoms with Gasteiger partial charge in [-0.05, 0) is 142 Å². The van der Waals surface area contributed by atoms with Crippen molar-refractivity contribution in [3.8, 4) is 51.1 Å². The highest BCUT2D eigenvalue weighted by Crippen LogP contribution is 2.42. The zero-order chi connectivity index (χ0) is 41.6. The molecule has 0 aliphatic carbocycles. The monoisotopic (exact) mass is 775 g/mol. The van der Waals surface area contributed by atoms with Crippen LogP contribution in [0.4, 0.5) is 0 Å². The standard InChI is InChI=1S/C55H45N5/c1-31-21-33(3)53(34(4)22-31)39-17-19-44-42-13-9-11-15-47(42)59(49(44)26-39)51-28-41(55-57-37(7)25-38(8)58-55)29-52(46(51)30-56)60-48-16-12-10-14-43(48)45-20-18-40(27-50(45)60)54-35(5)23-32(2)24-36(54)6/h9-29H,1-8H3. The first-order valence-corrected chi connectivity index (χ1v) is 20.6. The lowest BCUT2D eigenvalue weighted by Crippen LogP contribution is -2.06. The van der Waals surface area contributed by atoms with E-state index in [-0.39, 0.29) is 0 Å². The van der Waals surface area contributed by atoms with Gasteiger partial charge in [-0.15, -0.1) is 0 Å². The number of hydrogen-bond donors (Lipinski definition) is 0. The molecular formula is C55H45N5. The molecule has 10 rings (SSSR count). The van der Waals surface area contributed by atoms with Crippen LogP contribution in [0.5, 0.6) is 0 Å². The van der Waals surface area contributed by atoms with E-state index in [4.69, 9.17) is 9.97 Å². The van der Waals surface area contributed by atoms with Gasteiger partial charge in [-0.25, -0.2) is 9.97 Å². The van der Waals surface area contributed by atoms with Crippen LogP contribution in [0.1, 0.15) is 50.3 Å². The molecule has 0 radical (unpaired) electrons. The number of nitrogens with zero attached hydrogens (tertiary/aromatic N) is 5. The molecule has 290 valence electrons. The zero-order valence-corrected chi connectivity index (χ0v) is 35.4. The summed E-state index contributed by atoms with van der Waals surface area (Å²) in [5, 5.41) is 16.1. The van der Waals surface area contributed by atoms with Gasteiger partial charge in [0.25, 0.3) is 0 Å². The third kappa shape index (κ3) is 5.82. The van der Waals surface area contributed by atoms with Crippen molar-refractivity contribution in [2.75, 3.05) is 0 Å². The minimum atomic E-state index is 0.564. The van der Waals surface area contributed by atoms with Gasteiger partial charge in [0.05, 0.1) is 33.4 Å². The lowest BCUT2D eigenvalue weighted by molar-refractivity contribution is 1.05. The van der Waals surface area contributed by atoms with Gasteiger partial charge in [0, 0.05) is 38.5 Å². The van der Waals surface area contributed by atoms with E-state index in [0.717, 1.165) is 83.1 Å². The van der Waals surface area contributed by atoms with E-state index >= 15 is 0 Å². The highest BCUT2D eigenvalue weighted by Gasteiger charge is 2.24. The van der Waals surface area contributed by atoms with Gasteiger partial charge in [0.1, 0.15) is 11.6 Å². The van der Waals surface area contributed by atoms with E-state index in [1.54, 1.807) is 0 Å². The minimum Gasteiger partial charge on any atom is -0.308 e. The second-order valence-electron chi connectivity index (χ2n) is 16.7. The fourth-order valence-corrected chi connectivity index (χ4v) is 10.1. The number of aromatic nitrogens is 4. The van der Waals surface area contributed by atoms with Crippen LogP contribution in [0.3, 0.4) is 0 Å². The second-order valence-corrected chi connectivity index (χ2v) is 16.7. The summed E-state index contributed by atoms with van der Waals surface area (Å²) in [5.74, 6) is 0.624. The maximum atomic E-state index is 11.6. The third-order valence-corrected chi connectivity index (χ3v) is 12.2. The number of rotatable bonds is 5.